The van der Waals surface area contributed by atoms with Crippen molar-refractivity contribution >= 4 is 10.9 Å². The van der Waals surface area contributed by atoms with E-state index in [1.54, 1.807) is 0 Å². The fraction of sp³-hybridized carbons (Fsp3) is 0.438. The van der Waals surface area contributed by atoms with Gasteiger partial charge in [-0.25, -0.2) is 0 Å². The van der Waals surface area contributed by atoms with Crippen LogP contribution in [0.15, 0.2) is 30.3 Å². The SMILES string of the molecule is Cc1cc(C(O)C2CCCC2)c2ccccc2n1. The molecule has 0 radical (unpaired) electrons. The first-order valence-electron chi connectivity index (χ1n) is 6.80. The summed E-state index contributed by atoms with van der Waals surface area (Å²) in [6, 6.07) is 10.2. The number of hydrogen-bond donors (Lipinski definition) is 1. The van der Waals surface area contributed by atoms with Gasteiger partial charge in [0.15, 0.2) is 0 Å². The van der Waals surface area contributed by atoms with E-state index >= 15 is 0 Å². The molecule has 1 aromatic heterocycles. The Labute approximate surface area is 108 Å². The van der Waals surface area contributed by atoms with Gasteiger partial charge in [-0.05, 0) is 43.4 Å². The van der Waals surface area contributed by atoms with Crippen molar-refractivity contribution in [2.24, 2.45) is 5.92 Å². The van der Waals surface area contributed by atoms with E-state index in [0.717, 1.165) is 35.0 Å². The van der Waals surface area contributed by atoms with Crippen molar-refractivity contribution in [1.29, 1.82) is 0 Å². The third-order valence-electron chi connectivity index (χ3n) is 4.04. The molecule has 1 saturated carbocycles. The van der Waals surface area contributed by atoms with Gasteiger partial charge in [0.2, 0.25) is 0 Å². The lowest BCUT2D eigenvalue weighted by atomic mass is 9.92. The van der Waals surface area contributed by atoms with Gasteiger partial charge in [-0.15, -0.1) is 0 Å². The lowest BCUT2D eigenvalue weighted by molar-refractivity contribution is 0.113. The summed E-state index contributed by atoms with van der Waals surface area (Å²) in [4.78, 5) is 4.53. The van der Waals surface area contributed by atoms with E-state index in [1.165, 1.54) is 12.8 Å². The van der Waals surface area contributed by atoms with Crippen LogP contribution in [0.1, 0.15) is 43.0 Å². The Morgan fingerprint density at radius 1 is 1.22 bits per heavy atom. The number of nitrogens with zero attached hydrogens (tertiary/aromatic N) is 1. The highest BCUT2D eigenvalue weighted by Crippen LogP contribution is 2.37. The van der Waals surface area contributed by atoms with Crippen molar-refractivity contribution in [2.75, 3.05) is 0 Å². The van der Waals surface area contributed by atoms with Gasteiger partial charge in [0, 0.05) is 11.1 Å². The van der Waals surface area contributed by atoms with E-state index in [-0.39, 0.29) is 6.10 Å². The van der Waals surface area contributed by atoms with Gasteiger partial charge in [-0.1, -0.05) is 31.0 Å². The van der Waals surface area contributed by atoms with E-state index in [9.17, 15) is 5.11 Å². The Balaban J connectivity index is 2.09. The van der Waals surface area contributed by atoms with E-state index in [1.807, 2.05) is 31.2 Å². The minimum atomic E-state index is -0.334. The monoisotopic (exact) mass is 241 g/mol. The predicted molar refractivity (Wildman–Crippen MR) is 73.4 cm³/mol. The van der Waals surface area contributed by atoms with Crippen LogP contribution in [0.2, 0.25) is 0 Å². The van der Waals surface area contributed by atoms with Crippen molar-refractivity contribution in [3.8, 4) is 0 Å². The number of para-hydroxylation sites is 1. The molecule has 94 valence electrons. The molecule has 0 amide bonds. The molecule has 1 aromatic carbocycles. The number of aliphatic hydroxyl groups excluding tert-OH is 1. The zero-order valence-electron chi connectivity index (χ0n) is 10.8. The second kappa shape index (κ2) is 4.69. The zero-order valence-corrected chi connectivity index (χ0v) is 10.8. The highest BCUT2D eigenvalue weighted by molar-refractivity contribution is 5.82. The minimum absolute atomic E-state index is 0.334. The van der Waals surface area contributed by atoms with Crippen molar-refractivity contribution in [1.82, 2.24) is 4.98 Å². The number of aliphatic hydroxyl groups is 1. The van der Waals surface area contributed by atoms with Crippen LogP contribution < -0.4 is 0 Å². The number of aryl methyl sites for hydroxylation is 1. The molecule has 1 atom stereocenters. The first-order chi connectivity index (χ1) is 8.75. The molecule has 0 spiro atoms. The van der Waals surface area contributed by atoms with Gasteiger partial charge < -0.3 is 5.11 Å². The highest BCUT2D eigenvalue weighted by atomic mass is 16.3. The maximum Gasteiger partial charge on any atom is 0.0825 e. The number of rotatable bonds is 2. The molecule has 2 nitrogen and oxygen atoms in total. The minimum Gasteiger partial charge on any atom is -0.388 e. The van der Waals surface area contributed by atoms with Gasteiger partial charge in [-0.3, -0.25) is 4.98 Å². The molecule has 0 aliphatic heterocycles. The maximum absolute atomic E-state index is 10.6. The van der Waals surface area contributed by atoms with Crippen LogP contribution in [-0.2, 0) is 0 Å². The largest absolute Gasteiger partial charge is 0.388 e. The van der Waals surface area contributed by atoms with Crippen LogP contribution in [0.25, 0.3) is 10.9 Å². The Morgan fingerprint density at radius 2 is 1.94 bits per heavy atom. The maximum atomic E-state index is 10.6. The van der Waals surface area contributed by atoms with E-state index in [2.05, 4.69) is 11.1 Å². The summed E-state index contributed by atoms with van der Waals surface area (Å²) >= 11 is 0. The summed E-state index contributed by atoms with van der Waals surface area (Å²) in [6.45, 7) is 2.00. The molecule has 3 rings (SSSR count). The van der Waals surface area contributed by atoms with Crippen LogP contribution in [-0.4, -0.2) is 10.1 Å². The number of hydrogen-bond acceptors (Lipinski definition) is 2. The van der Waals surface area contributed by atoms with Crippen LogP contribution in [0.5, 0.6) is 0 Å². The predicted octanol–water partition coefficient (Wildman–Crippen LogP) is 3.77. The van der Waals surface area contributed by atoms with Crippen molar-refractivity contribution < 1.29 is 5.11 Å². The average Bonchev–Trinajstić information content (AvgIpc) is 2.90. The Morgan fingerprint density at radius 3 is 2.72 bits per heavy atom. The normalized spacial score (nSPS) is 18.3. The van der Waals surface area contributed by atoms with E-state index in [4.69, 9.17) is 0 Å². The van der Waals surface area contributed by atoms with Crippen molar-refractivity contribution in [2.45, 2.75) is 38.7 Å². The Bertz CT molecular complexity index is 558. The van der Waals surface area contributed by atoms with Gasteiger partial charge in [0.05, 0.1) is 11.6 Å². The Hall–Kier alpha value is -1.41. The summed E-state index contributed by atoms with van der Waals surface area (Å²) in [5, 5.41) is 11.7. The first-order valence-corrected chi connectivity index (χ1v) is 6.80. The number of aromatic nitrogens is 1. The molecule has 1 aliphatic rings. The van der Waals surface area contributed by atoms with Crippen LogP contribution in [0.3, 0.4) is 0 Å². The molecular weight excluding hydrogens is 222 g/mol. The lowest BCUT2D eigenvalue weighted by Gasteiger charge is -2.20. The van der Waals surface area contributed by atoms with Gasteiger partial charge >= 0.3 is 0 Å². The third kappa shape index (κ3) is 2.01. The van der Waals surface area contributed by atoms with Crippen LogP contribution >= 0.6 is 0 Å². The summed E-state index contributed by atoms with van der Waals surface area (Å²) < 4.78 is 0. The van der Waals surface area contributed by atoms with Crippen molar-refractivity contribution in [3.63, 3.8) is 0 Å². The summed E-state index contributed by atoms with van der Waals surface area (Å²) in [7, 11) is 0. The highest BCUT2D eigenvalue weighted by Gasteiger charge is 2.25. The fourth-order valence-corrected chi connectivity index (χ4v) is 3.11. The molecule has 2 heteroatoms. The molecule has 2 aromatic rings. The molecule has 0 saturated heterocycles. The molecular formula is C16H19NO. The van der Waals surface area contributed by atoms with Gasteiger partial charge in [0.25, 0.3) is 0 Å². The average molecular weight is 241 g/mol. The standard InChI is InChI=1S/C16H19NO/c1-11-10-14(16(18)12-6-2-3-7-12)13-8-4-5-9-15(13)17-11/h4-5,8-10,12,16,18H,2-3,6-7H2,1H3. The van der Waals surface area contributed by atoms with Crippen molar-refractivity contribution in [3.05, 3.63) is 41.6 Å². The first kappa shape index (κ1) is 11.7. The summed E-state index contributed by atoms with van der Waals surface area (Å²) in [5.74, 6) is 0.426. The molecule has 1 N–H and O–H groups in total. The molecule has 1 heterocycles. The Kier molecular flexibility index (Phi) is 3.04. The van der Waals surface area contributed by atoms with E-state index in [0.29, 0.717) is 5.92 Å². The van der Waals surface area contributed by atoms with Crippen LogP contribution in [0, 0.1) is 12.8 Å². The summed E-state index contributed by atoms with van der Waals surface area (Å²) in [5.41, 5.74) is 3.04. The van der Waals surface area contributed by atoms with Crippen LogP contribution in [0.4, 0.5) is 0 Å². The summed E-state index contributed by atoms with van der Waals surface area (Å²) in [6.07, 6.45) is 4.47. The fourth-order valence-electron chi connectivity index (χ4n) is 3.11. The number of benzene rings is 1. The second-order valence-electron chi connectivity index (χ2n) is 5.36. The smallest absolute Gasteiger partial charge is 0.0825 e. The number of fused-ring (bicyclic) bond motifs is 1. The van der Waals surface area contributed by atoms with Gasteiger partial charge in [0.1, 0.15) is 0 Å². The molecule has 18 heavy (non-hydrogen) atoms. The topological polar surface area (TPSA) is 33.1 Å². The molecule has 1 aliphatic carbocycles. The molecule has 1 fully saturated rings. The second-order valence-corrected chi connectivity index (χ2v) is 5.36. The zero-order chi connectivity index (χ0) is 12.5. The molecule has 0 bridgehead atoms. The van der Waals surface area contributed by atoms with E-state index < -0.39 is 0 Å². The quantitative estimate of drug-likeness (QED) is 0.868. The lowest BCUT2D eigenvalue weighted by Crippen LogP contribution is -2.10. The van der Waals surface area contributed by atoms with Gasteiger partial charge in [-0.2, -0.15) is 0 Å². The number of pyridine rings is 1. The third-order valence-corrected chi connectivity index (χ3v) is 4.04. The molecule has 1 unspecified atom stereocenters.